The van der Waals surface area contributed by atoms with Gasteiger partial charge in [0.05, 0.1) is 7.11 Å². The van der Waals surface area contributed by atoms with Crippen LogP contribution in [0.15, 0.2) is 12.7 Å². The van der Waals surface area contributed by atoms with E-state index in [1.807, 2.05) is 0 Å². The van der Waals surface area contributed by atoms with Crippen LogP contribution in [0, 0.1) is 5.92 Å². The summed E-state index contributed by atoms with van der Waals surface area (Å²) in [6.07, 6.45) is 7.73. The molecule has 0 N–H and O–H groups in total. The maximum absolute atomic E-state index is 11.7. The highest BCUT2D eigenvalue weighted by Crippen LogP contribution is 2.35. The van der Waals surface area contributed by atoms with Crippen molar-refractivity contribution < 1.29 is 9.53 Å². The average molecular weight is 223 g/mol. The summed E-state index contributed by atoms with van der Waals surface area (Å²) in [5.74, 6) is 0.496. The Bertz CT molecular complexity index is 277. The van der Waals surface area contributed by atoms with Crippen molar-refractivity contribution in [3.63, 3.8) is 0 Å². The molecule has 2 saturated heterocycles. The van der Waals surface area contributed by atoms with Crippen molar-refractivity contribution in [2.75, 3.05) is 13.7 Å². The third-order valence-electron chi connectivity index (χ3n) is 4.04. The number of methoxy groups -OCH3 is 1. The number of hydrogen-bond donors (Lipinski definition) is 0. The zero-order valence-corrected chi connectivity index (χ0v) is 10.0. The summed E-state index contributed by atoms with van der Waals surface area (Å²) in [5.41, 5.74) is 0. The van der Waals surface area contributed by atoms with Crippen molar-refractivity contribution in [1.82, 2.24) is 4.90 Å². The zero-order chi connectivity index (χ0) is 11.5. The van der Waals surface area contributed by atoms with Gasteiger partial charge in [-0.05, 0) is 38.1 Å². The molecule has 90 valence electrons. The van der Waals surface area contributed by atoms with Gasteiger partial charge in [-0.1, -0.05) is 12.5 Å². The van der Waals surface area contributed by atoms with Gasteiger partial charge in [-0.2, -0.15) is 0 Å². The first-order valence-electron chi connectivity index (χ1n) is 6.24. The van der Waals surface area contributed by atoms with Crippen molar-refractivity contribution in [1.29, 1.82) is 0 Å². The van der Waals surface area contributed by atoms with Gasteiger partial charge in [0.2, 0.25) is 0 Å². The molecule has 0 radical (unpaired) electrons. The van der Waals surface area contributed by atoms with Gasteiger partial charge in [-0.25, -0.2) is 0 Å². The summed E-state index contributed by atoms with van der Waals surface area (Å²) in [7, 11) is 1.49. The summed E-state index contributed by atoms with van der Waals surface area (Å²) < 4.78 is 4.90. The smallest absolute Gasteiger partial charge is 0.323 e. The minimum Gasteiger partial charge on any atom is -0.468 e. The van der Waals surface area contributed by atoms with Gasteiger partial charge < -0.3 is 4.74 Å². The second kappa shape index (κ2) is 5.00. The SMILES string of the molecule is C=C[C@@H]1CC[C@@H](C(=O)OC)N2CCCC[C@@H]12. The first-order chi connectivity index (χ1) is 7.77. The molecule has 0 aromatic carbocycles. The molecule has 0 aromatic rings. The second-order valence-electron chi connectivity index (χ2n) is 4.82. The van der Waals surface area contributed by atoms with Crippen LogP contribution < -0.4 is 0 Å². The molecule has 3 atom stereocenters. The third kappa shape index (κ3) is 2.01. The molecule has 0 spiro atoms. The summed E-state index contributed by atoms with van der Waals surface area (Å²) >= 11 is 0. The zero-order valence-electron chi connectivity index (χ0n) is 10.0. The average Bonchev–Trinajstić information content (AvgIpc) is 2.36. The van der Waals surface area contributed by atoms with Crippen LogP contribution in [0.5, 0.6) is 0 Å². The highest BCUT2D eigenvalue weighted by Gasteiger charge is 2.40. The fourth-order valence-electron chi connectivity index (χ4n) is 3.20. The fraction of sp³-hybridized carbons (Fsp3) is 0.769. The van der Waals surface area contributed by atoms with Gasteiger partial charge >= 0.3 is 5.97 Å². The van der Waals surface area contributed by atoms with Gasteiger partial charge in [0.15, 0.2) is 0 Å². The van der Waals surface area contributed by atoms with E-state index in [1.54, 1.807) is 0 Å². The lowest BCUT2D eigenvalue weighted by Crippen LogP contribution is -2.55. The number of nitrogens with zero attached hydrogens (tertiary/aromatic N) is 1. The van der Waals surface area contributed by atoms with E-state index in [0.29, 0.717) is 12.0 Å². The van der Waals surface area contributed by atoms with Crippen molar-refractivity contribution in [2.45, 2.75) is 44.2 Å². The lowest BCUT2D eigenvalue weighted by Gasteiger charge is -2.47. The predicted molar refractivity (Wildman–Crippen MR) is 63.1 cm³/mol. The molecule has 0 saturated carbocycles. The van der Waals surface area contributed by atoms with E-state index in [-0.39, 0.29) is 12.0 Å². The summed E-state index contributed by atoms with van der Waals surface area (Å²) in [6, 6.07) is 0.510. The quantitative estimate of drug-likeness (QED) is 0.529. The Kier molecular flexibility index (Phi) is 3.64. The van der Waals surface area contributed by atoms with Crippen molar-refractivity contribution in [3.05, 3.63) is 12.7 Å². The number of rotatable bonds is 2. The van der Waals surface area contributed by atoms with Crippen LogP contribution in [0.3, 0.4) is 0 Å². The van der Waals surface area contributed by atoms with Crippen LogP contribution in [-0.2, 0) is 9.53 Å². The Morgan fingerprint density at radius 1 is 1.38 bits per heavy atom. The topological polar surface area (TPSA) is 29.5 Å². The van der Waals surface area contributed by atoms with E-state index < -0.39 is 0 Å². The van der Waals surface area contributed by atoms with Gasteiger partial charge in [-0.15, -0.1) is 6.58 Å². The van der Waals surface area contributed by atoms with Crippen molar-refractivity contribution >= 4 is 5.97 Å². The van der Waals surface area contributed by atoms with E-state index in [4.69, 9.17) is 4.74 Å². The van der Waals surface area contributed by atoms with Gasteiger partial charge in [0.1, 0.15) is 6.04 Å². The van der Waals surface area contributed by atoms with Crippen LogP contribution in [-0.4, -0.2) is 36.6 Å². The number of carbonyl (C=O) groups is 1. The summed E-state index contributed by atoms with van der Waals surface area (Å²) in [5, 5.41) is 0. The van der Waals surface area contributed by atoms with Crippen LogP contribution in [0.2, 0.25) is 0 Å². The fourth-order valence-corrected chi connectivity index (χ4v) is 3.20. The second-order valence-corrected chi connectivity index (χ2v) is 4.82. The molecule has 0 unspecified atom stereocenters. The standard InChI is InChI=1S/C13H21NO2/c1-3-10-7-8-12(13(15)16-2)14-9-5-4-6-11(10)14/h3,10-12H,1,4-9H2,2H3/t10-,11+,12+/m1/s1. The first kappa shape index (κ1) is 11.6. The molecule has 16 heavy (non-hydrogen) atoms. The Hall–Kier alpha value is -0.830. The molecule has 2 heterocycles. The van der Waals surface area contributed by atoms with Crippen molar-refractivity contribution in [3.8, 4) is 0 Å². The molecule has 2 aliphatic rings. The van der Waals surface area contributed by atoms with Crippen LogP contribution >= 0.6 is 0 Å². The minimum atomic E-state index is -0.0607. The van der Waals surface area contributed by atoms with E-state index in [0.717, 1.165) is 19.4 Å². The Morgan fingerprint density at radius 3 is 2.88 bits per heavy atom. The Labute approximate surface area is 97.5 Å². The van der Waals surface area contributed by atoms with E-state index >= 15 is 0 Å². The Balaban J connectivity index is 2.13. The molecular formula is C13H21NO2. The molecule has 0 aliphatic carbocycles. The van der Waals surface area contributed by atoms with Crippen LogP contribution in [0.1, 0.15) is 32.1 Å². The first-order valence-corrected chi connectivity index (χ1v) is 6.24. The predicted octanol–water partition coefficient (Wildman–Crippen LogP) is 1.98. The van der Waals surface area contributed by atoms with E-state index in [1.165, 1.54) is 26.4 Å². The lowest BCUT2D eigenvalue weighted by atomic mass is 9.80. The molecule has 3 heteroatoms. The summed E-state index contributed by atoms with van der Waals surface area (Å²) in [6.45, 7) is 4.96. The number of fused-ring (bicyclic) bond motifs is 1. The maximum atomic E-state index is 11.7. The van der Waals surface area contributed by atoms with Crippen LogP contribution in [0.4, 0.5) is 0 Å². The number of hydrogen-bond acceptors (Lipinski definition) is 3. The maximum Gasteiger partial charge on any atom is 0.323 e. The monoisotopic (exact) mass is 223 g/mol. The highest BCUT2D eigenvalue weighted by molar-refractivity contribution is 5.75. The molecule has 3 nitrogen and oxygen atoms in total. The Morgan fingerprint density at radius 2 is 2.19 bits per heavy atom. The molecule has 0 bridgehead atoms. The van der Waals surface area contributed by atoms with Gasteiger partial charge in [0, 0.05) is 6.04 Å². The highest BCUT2D eigenvalue weighted by atomic mass is 16.5. The number of esters is 1. The van der Waals surface area contributed by atoms with Crippen molar-refractivity contribution in [2.24, 2.45) is 5.92 Å². The van der Waals surface area contributed by atoms with Crippen LogP contribution in [0.25, 0.3) is 0 Å². The minimum absolute atomic E-state index is 0.00787. The molecule has 2 fully saturated rings. The van der Waals surface area contributed by atoms with Gasteiger partial charge in [-0.3, -0.25) is 9.69 Å². The van der Waals surface area contributed by atoms with Gasteiger partial charge in [0.25, 0.3) is 0 Å². The molecular weight excluding hydrogens is 202 g/mol. The van der Waals surface area contributed by atoms with E-state index in [9.17, 15) is 4.79 Å². The molecule has 2 aliphatic heterocycles. The molecule has 0 aromatic heterocycles. The lowest BCUT2D eigenvalue weighted by molar-refractivity contribution is -0.151. The number of carbonyl (C=O) groups excluding carboxylic acids is 1. The summed E-state index contributed by atoms with van der Waals surface area (Å²) in [4.78, 5) is 14.1. The van der Waals surface area contributed by atoms with E-state index in [2.05, 4.69) is 17.6 Å². The molecule has 2 rings (SSSR count). The normalized spacial score (nSPS) is 35.2. The molecule has 0 amide bonds. The largest absolute Gasteiger partial charge is 0.468 e. The number of ether oxygens (including phenoxy) is 1. The third-order valence-corrected chi connectivity index (χ3v) is 4.04. The number of piperidine rings is 2.